The van der Waals surface area contributed by atoms with Crippen LogP contribution in [0.4, 0.5) is 0 Å². The van der Waals surface area contributed by atoms with E-state index in [0.717, 1.165) is 6.26 Å². The molecule has 0 saturated carbocycles. The topological polar surface area (TPSA) is 117 Å². The van der Waals surface area contributed by atoms with Gasteiger partial charge in [-0.25, -0.2) is 22.5 Å². The quantitative estimate of drug-likeness (QED) is 0.760. The molecule has 1 aliphatic heterocycles. The molecular formula is C13H16BrN3O5S. The number of pyridine rings is 1. The zero-order chi connectivity index (χ0) is 17.2. The van der Waals surface area contributed by atoms with Crippen LogP contribution in [0.2, 0.25) is 0 Å². The highest BCUT2D eigenvalue weighted by Crippen LogP contribution is 2.16. The van der Waals surface area contributed by atoms with Gasteiger partial charge in [0.1, 0.15) is 5.69 Å². The van der Waals surface area contributed by atoms with E-state index in [1.54, 1.807) is 0 Å². The van der Waals surface area contributed by atoms with E-state index >= 15 is 0 Å². The van der Waals surface area contributed by atoms with E-state index in [2.05, 4.69) is 26.2 Å². The number of hydrogen-bond acceptors (Lipinski definition) is 5. The molecule has 1 saturated heterocycles. The van der Waals surface area contributed by atoms with Gasteiger partial charge in [-0.05, 0) is 34.8 Å². The van der Waals surface area contributed by atoms with Crippen molar-refractivity contribution >= 4 is 37.8 Å². The van der Waals surface area contributed by atoms with E-state index in [1.807, 2.05) is 0 Å². The van der Waals surface area contributed by atoms with Crippen LogP contribution in [0.5, 0.6) is 0 Å². The second-order valence-electron chi connectivity index (χ2n) is 5.26. The standard InChI is InChI=1S/C13H16BrN3O5S/c1-23(21,22)17-4-2-9(3-5-17)16-12(18)11-10(13(19)20)6-8(14)7-15-11/h6-7,9H,2-5H2,1H3,(H,16,18)(H,19,20). The maximum Gasteiger partial charge on any atom is 0.338 e. The van der Waals surface area contributed by atoms with E-state index < -0.39 is 21.9 Å². The summed E-state index contributed by atoms with van der Waals surface area (Å²) in [6.45, 7) is 0.646. The van der Waals surface area contributed by atoms with Crippen molar-refractivity contribution in [3.63, 3.8) is 0 Å². The highest BCUT2D eigenvalue weighted by molar-refractivity contribution is 9.10. The summed E-state index contributed by atoms with van der Waals surface area (Å²) in [6.07, 6.45) is 3.44. The second kappa shape index (κ2) is 6.93. The summed E-state index contributed by atoms with van der Waals surface area (Å²) in [7, 11) is -3.23. The molecule has 0 unspecified atom stereocenters. The molecule has 0 radical (unpaired) electrons. The Bertz CT molecular complexity index is 729. The molecule has 0 aliphatic carbocycles. The van der Waals surface area contributed by atoms with Crippen LogP contribution in [0.15, 0.2) is 16.7 Å². The first kappa shape index (κ1) is 17.8. The SMILES string of the molecule is CS(=O)(=O)N1CCC(NC(=O)c2ncc(Br)cc2C(=O)O)CC1. The van der Waals surface area contributed by atoms with Gasteiger partial charge in [-0.2, -0.15) is 0 Å². The molecule has 10 heteroatoms. The average Bonchev–Trinajstić information content (AvgIpc) is 2.46. The molecule has 23 heavy (non-hydrogen) atoms. The number of piperidine rings is 1. The molecule has 1 aromatic heterocycles. The Labute approximate surface area is 142 Å². The van der Waals surface area contributed by atoms with Crippen LogP contribution < -0.4 is 5.32 Å². The molecular weight excluding hydrogens is 390 g/mol. The van der Waals surface area contributed by atoms with Gasteiger partial charge in [-0.15, -0.1) is 0 Å². The zero-order valence-corrected chi connectivity index (χ0v) is 14.7. The van der Waals surface area contributed by atoms with Crippen LogP contribution in [0.1, 0.15) is 33.7 Å². The predicted octanol–water partition coefficient (Wildman–Crippen LogP) is 0.696. The van der Waals surface area contributed by atoms with Gasteiger partial charge in [0.2, 0.25) is 10.0 Å². The summed E-state index contributed by atoms with van der Waals surface area (Å²) < 4.78 is 24.7. The lowest BCUT2D eigenvalue weighted by Gasteiger charge is -2.30. The highest BCUT2D eigenvalue weighted by Gasteiger charge is 2.27. The van der Waals surface area contributed by atoms with Gasteiger partial charge in [0.15, 0.2) is 0 Å². The summed E-state index contributed by atoms with van der Waals surface area (Å²) in [6, 6.07) is 1.10. The number of rotatable bonds is 4. The molecule has 0 atom stereocenters. The fourth-order valence-electron chi connectivity index (χ4n) is 2.37. The molecule has 0 spiro atoms. The minimum absolute atomic E-state index is 0.161. The summed E-state index contributed by atoms with van der Waals surface area (Å²) in [5.74, 6) is -1.82. The molecule has 2 N–H and O–H groups in total. The van der Waals surface area contributed by atoms with Crippen LogP contribution >= 0.6 is 15.9 Å². The number of hydrogen-bond donors (Lipinski definition) is 2. The van der Waals surface area contributed by atoms with Crippen LogP contribution in [-0.4, -0.2) is 60.1 Å². The van der Waals surface area contributed by atoms with Gasteiger partial charge in [0.25, 0.3) is 5.91 Å². The smallest absolute Gasteiger partial charge is 0.338 e. The maximum absolute atomic E-state index is 12.2. The van der Waals surface area contributed by atoms with Gasteiger partial charge in [-0.1, -0.05) is 0 Å². The van der Waals surface area contributed by atoms with Crippen LogP contribution in [0.3, 0.4) is 0 Å². The Morgan fingerprint density at radius 1 is 1.39 bits per heavy atom. The normalized spacial score (nSPS) is 17.0. The zero-order valence-electron chi connectivity index (χ0n) is 12.3. The van der Waals surface area contributed by atoms with Crippen molar-refractivity contribution in [1.82, 2.24) is 14.6 Å². The number of carboxylic acids is 1. The first-order valence-electron chi connectivity index (χ1n) is 6.83. The van der Waals surface area contributed by atoms with Crippen molar-refractivity contribution in [2.75, 3.05) is 19.3 Å². The number of carbonyl (C=O) groups is 2. The lowest BCUT2D eigenvalue weighted by Crippen LogP contribution is -2.46. The largest absolute Gasteiger partial charge is 0.478 e. The van der Waals surface area contributed by atoms with E-state index in [1.165, 1.54) is 16.6 Å². The van der Waals surface area contributed by atoms with E-state index in [4.69, 9.17) is 5.11 Å². The molecule has 1 aliphatic rings. The number of halogens is 1. The Morgan fingerprint density at radius 3 is 2.52 bits per heavy atom. The fourth-order valence-corrected chi connectivity index (χ4v) is 3.57. The Morgan fingerprint density at radius 2 is 2.00 bits per heavy atom. The van der Waals surface area contributed by atoms with Gasteiger partial charge in [-0.3, -0.25) is 4.79 Å². The number of amides is 1. The summed E-state index contributed by atoms with van der Waals surface area (Å²) >= 11 is 3.12. The average molecular weight is 406 g/mol. The number of carboxylic acid groups (broad SMARTS) is 1. The van der Waals surface area contributed by atoms with Gasteiger partial charge < -0.3 is 10.4 Å². The van der Waals surface area contributed by atoms with Crippen molar-refractivity contribution in [2.24, 2.45) is 0 Å². The number of aromatic carboxylic acids is 1. The third-order valence-corrected chi connectivity index (χ3v) is 5.29. The third-order valence-electron chi connectivity index (χ3n) is 3.56. The highest BCUT2D eigenvalue weighted by atomic mass is 79.9. The molecule has 126 valence electrons. The van der Waals surface area contributed by atoms with Gasteiger partial charge in [0.05, 0.1) is 11.8 Å². The third kappa shape index (κ3) is 4.49. The fraction of sp³-hybridized carbons (Fsp3) is 0.462. The number of sulfonamides is 1. The minimum Gasteiger partial charge on any atom is -0.478 e. The monoisotopic (exact) mass is 405 g/mol. The van der Waals surface area contributed by atoms with Crippen molar-refractivity contribution in [3.05, 3.63) is 28.0 Å². The molecule has 2 rings (SSSR count). The van der Waals surface area contributed by atoms with E-state index in [0.29, 0.717) is 30.4 Å². The van der Waals surface area contributed by atoms with Crippen molar-refractivity contribution in [3.8, 4) is 0 Å². The number of nitrogens with zero attached hydrogens (tertiary/aromatic N) is 2. The number of nitrogens with one attached hydrogen (secondary N) is 1. The number of carbonyl (C=O) groups excluding carboxylic acids is 1. The Hall–Kier alpha value is -1.52. The molecule has 0 bridgehead atoms. The van der Waals surface area contributed by atoms with Crippen molar-refractivity contribution in [2.45, 2.75) is 18.9 Å². The summed E-state index contributed by atoms with van der Waals surface area (Å²) in [5.41, 5.74) is -0.350. The Balaban J connectivity index is 2.05. The van der Waals surface area contributed by atoms with Crippen molar-refractivity contribution in [1.29, 1.82) is 0 Å². The first-order chi connectivity index (χ1) is 10.7. The summed E-state index contributed by atoms with van der Waals surface area (Å²) in [5, 5.41) is 11.9. The maximum atomic E-state index is 12.2. The minimum atomic E-state index is -3.23. The van der Waals surface area contributed by atoms with E-state index in [-0.39, 0.29) is 17.3 Å². The van der Waals surface area contributed by atoms with Gasteiger partial charge >= 0.3 is 5.97 Å². The van der Waals surface area contributed by atoms with Crippen molar-refractivity contribution < 1.29 is 23.1 Å². The molecule has 2 heterocycles. The molecule has 8 nitrogen and oxygen atoms in total. The molecule has 1 amide bonds. The van der Waals surface area contributed by atoms with Crippen LogP contribution in [0, 0.1) is 0 Å². The molecule has 1 aromatic rings. The predicted molar refractivity (Wildman–Crippen MR) is 85.8 cm³/mol. The molecule has 1 fully saturated rings. The van der Waals surface area contributed by atoms with Crippen LogP contribution in [0.25, 0.3) is 0 Å². The van der Waals surface area contributed by atoms with Crippen LogP contribution in [-0.2, 0) is 10.0 Å². The lowest BCUT2D eigenvalue weighted by molar-refractivity contribution is 0.0688. The van der Waals surface area contributed by atoms with E-state index in [9.17, 15) is 18.0 Å². The van der Waals surface area contributed by atoms with Gasteiger partial charge in [0, 0.05) is 29.8 Å². The Kier molecular flexibility index (Phi) is 5.37. The second-order valence-corrected chi connectivity index (χ2v) is 8.16. The lowest BCUT2D eigenvalue weighted by atomic mass is 10.1. The summed E-state index contributed by atoms with van der Waals surface area (Å²) in [4.78, 5) is 27.3. The number of aromatic nitrogens is 1. The molecule has 0 aromatic carbocycles. The first-order valence-corrected chi connectivity index (χ1v) is 9.47.